The van der Waals surface area contributed by atoms with Crippen molar-refractivity contribution in [2.75, 3.05) is 13.7 Å². The molecule has 1 heterocycles. The van der Waals surface area contributed by atoms with Crippen LogP contribution in [0.2, 0.25) is 5.02 Å². The topological polar surface area (TPSA) is 83.7 Å². The lowest BCUT2D eigenvalue weighted by Gasteiger charge is -2.11. The maximum atomic E-state index is 12.0. The first-order chi connectivity index (χ1) is 14.1. The molecule has 0 amide bonds. The van der Waals surface area contributed by atoms with Crippen LogP contribution < -0.4 is 9.47 Å². The van der Waals surface area contributed by atoms with Gasteiger partial charge >= 0.3 is 5.97 Å². The zero-order valence-corrected chi connectivity index (χ0v) is 16.5. The summed E-state index contributed by atoms with van der Waals surface area (Å²) in [5.74, 6) is 0.957. The molecule has 150 valence electrons. The Bertz CT molecular complexity index is 985. The predicted molar refractivity (Wildman–Crippen MR) is 107 cm³/mol. The van der Waals surface area contributed by atoms with Crippen LogP contribution in [0, 0.1) is 0 Å². The Morgan fingerprint density at radius 3 is 2.72 bits per heavy atom. The lowest BCUT2D eigenvalue weighted by atomic mass is 10.1. The molecule has 2 aromatic carbocycles. The van der Waals surface area contributed by atoms with E-state index in [9.17, 15) is 4.79 Å². The number of halogens is 1. The van der Waals surface area contributed by atoms with E-state index in [0.717, 1.165) is 11.1 Å². The molecule has 0 saturated heterocycles. The van der Waals surface area contributed by atoms with Gasteiger partial charge in [0.05, 0.1) is 7.11 Å². The molecule has 0 aliphatic carbocycles. The Labute approximate surface area is 172 Å². The summed E-state index contributed by atoms with van der Waals surface area (Å²) in [5.41, 5.74) is 1.77. The highest BCUT2D eigenvalue weighted by Crippen LogP contribution is 2.28. The van der Waals surface area contributed by atoms with Crippen molar-refractivity contribution in [3.63, 3.8) is 0 Å². The van der Waals surface area contributed by atoms with Gasteiger partial charge in [-0.05, 0) is 48.4 Å². The Kier molecular flexibility index (Phi) is 6.86. The second-order valence-electron chi connectivity index (χ2n) is 5.95. The third-order valence-corrected chi connectivity index (χ3v) is 4.13. The lowest BCUT2D eigenvalue weighted by Crippen LogP contribution is -2.15. The number of allylic oxidation sites excluding steroid dienone is 1. The summed E-state index contributed by atoms with van der Waals surface area (Å²) in [6.45, 7) is 3.27. The molecular formula is C21H19ClN2O5. The van der Waals surface area contributed by atoms with E-state index < -0.39 is 5.97 Å². The molecule has 0 bridgehead atoms. The third-order valence-electron chi connectivity index (χ3n) is 3.88. The first kappa shape index (κ1) is 20.4. The van der Waals surface area contributed by atoms with Crippen molar-refractivity contribution in [2.45, 2.75) is 13.0 Å². The van der Waals surface area contributed by atoms with Crippen molar-refractivity contribution in [1.82, 2.24) is 10.1 Å². The van der Waals surface area contributed by atoms with E-state index in [1.807, 2.05) is 12.1 Å². The zero-order valence-electron chi connectivity index (χ0n) is 15.8. The highest BCUT2D eigenvalue weighted by atomic mass is 35.5. The van der Waals surface area contributed by atoms with Crippen LogP contribution >= 0.6 is 11.6 Å². The van der Waals surface area contributed by atoms with Gasteiger partial charge in [0, 0.05) is 10.6 Å². The minimum atomic E-state index is -0.575. The predicted octanol–water partition coefficient (Wildman–Crippen LogP) is 4.25. The van der Waals surface area contributed by atoms with Crippen molar-refractivity contribution in [3.8, 4) is 22.9 Å². The number of ether oxygens (including phenoxy) is 3. The number of hydrogen-bond donors (Lipinski definition) is 0. The van der Waals surface area contributed by atoms with E-state index in [0.29, 0.717) is 28.8 Å². The second kappa shape index (κ2) is 9.75. The molecule has 7 nitrogen and oxygen atoms in total. The van der Waals surface area contributed by atoms with Crippen molar-refractivity contribution in [3.05, 3.63) is 71.6 Å². The van der Waals surface area contributed by atoms with E-state index in [1.165, 1.54) is 7.11 Å². The van der Waals surface area contributed by atoms with E-state index >= 15 is 0 Å². The molecular weight excluding hydrogens is 396 g/mol. The zero-order chi connectivity index (χ0) is 20.6. The summed E-state index contributed by atoms with van der Waals surface area (Å²) in [4.78, 5) is 16.2. The van der Waals surface area contributed by atoms with Gasteiger partial charge in [-0.2, -0.15) is 4.98 Å². The third kappa shape index (κ3) is 5.58. The van der Waals surface area contributed by atoms with E-state index in [2.05, 4.69) is 16.7 Å². The quantitative estimate of drug-likeness (QED) is 0.382. The number of rotatable bonds is 9. The van der Waals surface area contributed by atoms with Crippen LogP contribution in [0.15, 0.2) is 59.6 Å². The Morgan fingerprint density at radius 1 is 1.21 bits per heavy atom. The van der Waals surface area contributed by atoms with Gasteiger partial charge in [-0.25, -0.2) is 4.79 Å². The van der Waals surface area contributed by atoms with Crippen LogP contribution in [0.3, 0.4) is 0 Å². The summed E-state index contributed by atoms with van der Waals surface area (Å²) in [6.07, 6.45) is 2.50. The normalized spacial score (nSPS) is 10.4. The fraction of sp³-hybridized carbons (Fsp3) is 0.190. The lowest BCUT2D eigenvalue weighted by molar-refractivity contribution is -0.148. The number of nitrogens with zero attached hydrogens (tertiary/aromatic N) is 2. The monoisotopic (exact) mass is 414 g/mol. The standard InChI is InChI=1S/C21H19ClN2O5/c1-3-4-14-5-10-17(18(11-14)26-2)27-13-20(25)28-12-19-23-21(24-29-19)15-6-8-16(22)9-7-15/h3,5-11H,1,4,12-13H2,2H3. The molecule has 1 aromatic heterocycles. The van der Waals surface area contributed by atoms with Crippen LogP contribution in [0.1, 0.15) is 11.5 Å². The minimum Gasteiger partial charge on any atom is -0.493 e. The smallest absolute Gasteiger partial charge is 0.344 e. The molecule has 3 rings (SSSR count). The van der Waals surface area contributed by atoms with Crippen molar-refractivity contribution in [1.29, 1.82) is 0 Å². The molecule has 0 spiro atoms. The van der Waals surface area contributed by atoms with Crippen LogP contribution in [0.5, 0.6) is 11.5 Å². The Balaban J connectivity index is 1.52. The molecule has 3 aromatic rings. The van der Waals surface area contributed by atoms with Crippen LogP contribution in [0.4, 0.5) is 0 Å². The van der Waals surface area contributed by atoms with Gasteiger partial charge in [0.25, 0.3) is 5.89 Å². The van der Waals surface area contributed by atoms with Gasteiger partial charge in [-0.15, -0.1) is 6.58 Å². The number of methoxy groups -OCH3 is 1. The van der Waals surface area contributed by atoms with Crippen molar-refractivity contribution in [2.24, 2.45) is 0 Å². The number of aromatic nitrogens is 2. The van der Waals surface area contributed by atoms with Crippen LogP contribution in [-0.2, 0) is 22.6 Å². The van der Waals surface area contributed by atoms with Crippen molar-refractivity contribution >= 4 is 17.6 Å². The second-order valence-corrected chi connectivity index (χ2v) is 6.38. The maximum absolute atomic E-state index is 12.0. The van der Waals surface area contributed by atoms with Gasteiger partial charge in [-0.1, -0.05) is 28.9 Å². The fourth-order valence-corrected chi connectivity index (χ4v) is 2.60. The number of carbonyl (C=O) groups excluding carboxylic acids is 1. The average molecular weight is 415 g/mol. The molecule has 8 heteroatoms. The first-order valence-electron chi connectivity index (χ1n) is 8.74. The summed E-state index contributed by atoms with van der Waals surface area (Å²) < 4.78 is 21.0. The van der Waals surface area contributed by atoms with E-state index in [-0.39, 0.29) is 19.1 Å². The molecule has 0 atom stereocenters. The molecule has 0 N–H and O–H groups in total. The average Bonchev–Trinajstić information content (AvgIpc) is 3.21. The van der Waals surface area contributed by atoms with Crippen LogP contribution in [0.25, 0.3) is 11.4 Å². The SMILES string of the molecule is C=CCc1ccc(OCC(=O)OCc2nc(-c3ccc(Cl)cc3)no2)c(OC)c1. The van der Waals surface area contributed by atoms with Gasteiger partial charge < -0.3 is 18.7 Å². The minimum absolute atomic E-state index is 0.155. The number of hydrogen-bond acceptors (Lipinski definition) is 7. The summed E-state index contributed by atoms with van der Waals surface area (Å²) in [5, 5.41) is 4.47. The van der Waals surface area contributed by atoms with E-state index in [4.69, 9.17) is 30.3 Å². The highest BCUT2D eigenvalue weighted by molar-refractivity contribution is 6.30. The van der Waals surface area contributed by atoms with Gasteiger partial charge in [0.15, 0.2) is 24.7 Å². The number of carbonyl (C=O) groups is 1. The molecule has 0 fully saturated rings. The Morgan fingerprint density at radius 2 is 2.00 bits per heavy atom. The first-order valence-corrected chi connectivity index (χ1v) is 9.11. The largest absolute Gasteiger partial charge is 0.493 e. The summed E-state index contributed by atoms with van der Waals surface area (Å²) in [7, 11) is 1.53. The molecule has 0 aliphatic heterocycles. The van der Waals surface area contributed by atoms with Gasteiger partial charge in [0.1, 0.15) is 0 Å². The molecule has 0 aliphatic rings. The Hall–Kier alpha value is -3.32. The van der Waals surface area contributed by atoms with Crippen molar-refractivity contribution < 1.29 is 23.5 Å². The highest BCUT2D eigenvalue weighted by Gasteiger charge is 2.13. The van der Waals surface area contributed by atoms with E-state index in [1.54, 1.807) is 36.4 Å². The number of esters is 1. The summed E-state index contributed by atoms with van der Waals surface area (Å²) in [6, 6.07) is 12.4. The molecule has 0 radical (unpaired) electrons. The molecule has 0 unspecified atom stereocenters. The number of benzene rings is 2. The van der Waals surface area contributed by atoms with Gasteiger partial charge in [-0.3, -0.25) is 0 Å². The summed E-state index contributed by atoms with van der Waals surface area (Å²) >= 11 is 5.86. The molecule has 29 heavy (non-hydrogen) atoms. The molecule has 0 saturated carbocycles. The maximum Gasteiger partial charge on any atom is 0.344 e. The van der Waals surface area contributed by atoms with Gasteiger partial charge in [0.2, 0.25) is 5.82 Å². The van der Waals surface area contributed by atoms with Crippen LogP contribution in [-0.4, -0.2) is 29.8 Å². The fourth-order valence-electron chi connectivity index (χ4n) is 2.48.